The lowest BCUT2D eigenvalue weighted by molar-refractivity contribution is 0.00578. The van der Waals surface area contributed by atoms with Gasteiger partial charge in [0.25, 0.3) is 0 Å². The molecule has 0 amide bonds. The lowest BCUT2D eigenvalue weighted by Gasteiger charge is -2.32. The van der Waals surface area contributed by atoms with Crippen molar-refractivity contribution in [3.05, 3.63) is 48.5 Å². The molecule has 180 valence electrons. The molecule has 0 aromatic heterocycles. The Morgan fingerprint density at radius 1 is 0.559 bits per heavy atom. The smallest absolute Gasteiger partial charge is 0.399 e. The van der Waals surface area contributed by atoms with Crippen molar-refractivity contribution in [2.24, 2.45) is 0 Å². The Kier molecular flexibility index (Phi) is 6.41. The van der Waals surface area contributed by atoms with Crippen LogP contribution < -0.4 is 20.0 Å². The number of rotatable bonds is 6. The molecule has 0 aliphatic carbocycles. The molecule has 2 heterocycles. The zero-order chi connectivity index (χ0) is 24.9. The number of hydrogen-bond acceptors (Lipinski definition) is 7. The Morgan fingerprint density at radius 3 is 1.09 bits per heavy atom. The van der Waals surface area contributed by atoms with Crippen molar-refractivity contribution in [3.8, 4) is 11.5 Å². The average Bonchev–Trinajstić information content (AvgIpc) is 3.08. The second-order valence-corrected chi connectivity index (χ2v) is 11.5. The zero-order valence-electron chi connectivity index (χ0n) is 21.1. The van der Waals surface area contributed by atoms with Crippen LogP contribution in [0.25, 0.3) is 0 Å². The molecule has 0 N–H and O–H groups in total. The third-order valence-corrected chi connectivity index (χ3v) is 7.89. The van der Waals surface area contributed by atoms with E-state index in [1.54, 1.807) is 24.3 Å². The SMILES string of the molecule is CC1(C)OB(c2ccc(O[P+](=O)Oc3ccc(B4OC(C)(C)C(C)(C)O4)cc3)cc2)OC1(C)C. The summed E-state index contributed by atoms with van der Waals surface area (Å²) in [7, 11) is -3.34. The summed E-state index contributed by atoms with van der Waals surface area (Å²) in [5.74, 6) is 0.852. The van der Waals surface area contributed by atoms with Gasteiger partial charge >= 0.3 is 22.5 Å². The molecule has 2 aromatic rings. The molecule has 34 heavy (non-hydrogen) atoms. The summed E-state index contributed by atoms with van der Waals surface area (Å²) >= 11 is 0. The molecule has 0 unspecified atom stereocenters. The fraction of sp³-hybridized carbons (Fsp3) is 0.500. The summed E-state index contributed by atoms with van der Waals surface area (Å²) in [5.41, 5.74) is 0.0643. The van der Waals surface area contributed by atoms with Crippen molar-refractivity contribution < 1.29 is 32.2 Å². The van der Waals surface area contributed by atoms with E-state index in [2.05, 4.69) is 0 Å². The van der Waals surface area contributed by atoms with E-state index < -0.39 is 44.9 Å². The maximum atomic E-state index is 12.4. The first-order valence-corrected chi connectivity index (χ1v) is 12.5. The highest BCUT2D eigenvalue weighted by Crippen LogP contribution is 2.38. The van der Waals surface area contributed by atoms with E-state index in [4.69, 9.17) is 27.7 Å². The second-order valence-electron chi connectivity index (χ2n) is 10.7. The largest absolute Gasteiger partial charge is 0.805 e. The van der Waals surface area contributed by atoms with Crippen LogP contribution in [0, 0.1) is 0 Å². The molecule has 2 fully saturated rings. The van der Waals surface area contributed by atoms with Crippen LogP contribution in [0.2, 0.25) is 0 Å². The Bertz CT molecular complexity index is 936. The normalized spacial score (nSPS) is 22.0. The van der Waals surface area contributed by atoms with Gasteiger partial charge in [0, 0.05) is 4.57 Å². The van der Waals surface area contributed by atoms with Crippen LogP contribution in [0.4, 0.5) is 0 Å². The third kappa shape index (κ3) is 4.91. The fourth-order valence-electron chi connectivity index (χ4n) is 3.52. The van der Waals surface area contributed by atoms with E-state index in [9.17, 15) is 4.57 Å². The lowest BCUT2D eigenvalue weighted by Crippen LogP contribution is -2.41. The van der Waals surface area contributed by atoms with Gasteiger partial charge in [0.2, 0.25) is 0 Å². The summed E-state index contributed by atoms with van der Waals surface area (Å²) < 4.78 is 47.6. The molecule has 0 spiro atoms. The van der Waals surface area contributed by atoms with E-state index in [1.807, 2.05) is 79.7 Å². The van der Waals surface area contributed by atoms with Crippen molar-refractivity contribution in [2.45, 2.75) is 77.8 Å². The van der Waals surface area contributed by atoms with Crippen LogP contribution in [-0.4, -0.2) is 36.6 Å². The predicted molar refractivity (Wildman–Crippen MR) is 133 cm³/mol. The van der Waals surface area contributed by atoms with Gasteiger partial charge in [-0.25, -0.2) is 9.05 Å². The quantitative estimate of drug-likeness (QED) is 0.444. The second kappa shape index (κ2) is 8.65. The van der Waals surface area contributed by atoms with E-state index in [0.29, 0.717) is 11.5 Å². The minimum Gasteiger partial charge on any atom is -0.399 e. The van der Waals surface area contributed by atoms with Crippen LogP contribution in [0.3, 0.4) is 0 Å². The maximum Gasteiger partial charge on any atom is 0.805 e. The highest BCUT2D eigenvalue weighted by molar-refractivity contribution is 7.34. The summed E-state index contributed by atoms with van der Waals surface area (Å²) in [6, 6.07) is 14.2. The maximum absolute atomic E-state index is 12.4. The molecule has 2 aliphatic heterocycles. The molecule has 4 rings (SSSR count). The van der Waals surface area contributed by atoms with Gasteiger partial charge in [-0.05, 0) is 90.6 Å². The number of hydrogen-bond donors (Lipinski definition) is 0. The van der Waals surface area contributed by atoms with Crippen LogP contribution in [0.15, 0.2) is 48.5 Å². The Labute approximate surface area is 203 Å². The van der Waals surface area contributed by atoms with Crippen molar-refractivity contribution in [1.82, 2.24) is 0 Å². The van der Waals surface area contributed by atoms with Gasteiger partial charge in [-0.2, -0.15) is 0 Å². The molecule has 2 saturated heterocycles. The van der Waals surface area contributed by atoms with Crippen molar-refractivity contribution >= 4 is 33.4 Å². The fourth-order valence-corrected chi connectivity index (χ4v) is 4.15. The molecule has 0 bridgehead atoms. The molecule has 0 radical (unpaired) electrons. The monoisotopic (exact) mass is 485 g/mol. The topological polar surface area (TPSA) is 72.5 Å². The van der Waals surface area contributed by atoms with E-state index in [0.717, 1.165) is 10.9 Å². The van der Waals surface area contributed by atoms with Crippen LogP contribution in [-0.2, 0) is 23.2 Å². The van der Waals surface area contributed by atoms with Gasteiger partial charge in [0.05, 0.1) is 22.4 Å². The van der Waals surface area contributed by atoms with E-state index in [1.165, 1.54) is 0 Å². The molecular weight excluding hydrogens is 453 g/mol. The van der Waals surface area contributed by atoms with Crippen LogP contribution >= 0.6 is 8.25 Å². The zero-order valence-corrected chi connectivity index (χ0v) is 22.0. The molecule has 0 atom stereocenters. The molecule has 2 aromatic carbocycles. The van der Waals surface area contributed by atoms with Gasteiger partial charge < -0.3 is 18.6 Å². The van der Waals surface area contributed by atoms with Crippen molar-refractivity contribution in [2.75, 3.05) is 0 Å². The van der Waals surface area contributed by atoms with Gasteiger partial charge in [-0.1, -0.05) is 24.3 Å². The minimum atomic E-state index is -2.41. The van der Waals surface area contributed by atoms with Crippen molar-refractivity contribution in [3.63, 3.8) is 0 Å². The van der Waals surface area contributed by atoms with Gasteiger partial charge in [-0.15, -0.1) is 0 Å². The highest BCUT2D eigenvalue weighted by Gasteiger charge is 2.52. The van der Waals surface area contributed by atoms with Gasteiger partial charge in [-0.3, -0.25) is 0 Å². The first kappa shape index (κ1) is 25.2. The molecule has 0 saturated carbocycles. The van der Waals surface area contributed by atoms with Crippen LogP contribution in [0.1, 0.15) is 55.4 Å². The molecule has 10 heteroatoms. The summed E-state index contributed by atoms with van der Waals surface area (Å²) in [4.78, 5) is 0. The standard InChI is InChI=1S/C24H32B2O7P/c1-21(2)22(3,4)31-25(30-21)17-9-13-19(14-10-17)28-34(27)29-20-15-11-18(12-16-20)26-32-23(5,6)24(7,8)33-26/h9-16H,1-8H3/q+1. The predicted octanol–water partition coefficient (Wildman–Crippen LogP) is 4.40. The minimum absolute atomic E-state index is 0.415. The van der Waals surface area contributed by atoms with Crippen molar-refractivity contribution in [1.29, 1.82) is 0 Å². The average molecular weight is 485 g/mol. The molecule has 7 nitrogen and oxygen atoms in total. The Hall–Kier alpha value is -1.89. The Balaban J connectivity index is 1.33. The number of benzene rings is 2. The first-order valence-electron chi connectivity index (χ1n) is 11.4. The molecule has 2 aliphatic rings. The van der Waals surface area contributed by atoms with E-state index >= 15 is 0 Å². The van der Waals surface area contributed by atoms with Crippen LogP contribution in [0.5, 0.6) is 11.5 Å². The lowest BCUT2D eigenvalue weighted by atomic mass is 9.79. The Morgan fingerprint density at radius 2 is 0.824 bits per heavy atom. The summed E-state index contributed by atoms with van der Waals surface area (Å²) in [5, 5.41) is 0. The summed E-state index contributed by atoms with van der Waals surface area (Å²) in [6.07, 6.45) is 0. The molecular formula is C24H32B2O7P+. The highest BCUT2D eigenvalue weighted by atomic mass is 31.1. The van der Waals surface area contributed by atoms with Gasteiger partial charge in [0.15, 0.2) is 11.5 Å². The van der Waals surface area contributed by atoms with E-state index in [-0.39, 0.29) is 0 Å². The summed E-state index contributed by atoms with van der Waals surface area (Å²) in [6.45, 7) is 16.1. The first-order chi connectivity index (χ1) is 15.7. The third-order valence-electron chi connectivity index (χ3n) is 7.17. The van der Waals surface area contributed by atoms with Gasteiger partial charge in [0.1, 0.15) is 0 Å².